The number of hydrogen-bond donors (Lipinski definition) is 2. The van der Waals surface area contributed by atoms with Gasteiger partial charge in [-0.15, -0.1) is 11.3 Å². The third-order valence-corrected chi connectivity index (χ3v) is 6.10. The number of thiazole rings is 1. The van der Waals surface area contributed by atoms with E-state index in [-0.39, 0.29) is 0 Å². The highest BCUT2D eigenvalue weighted by Crippen LogP contribution is 2.49. The molecule has 0 aliphatic heterocycles. The van der Waals surface area contributed by atoms with Gasteiger partial charge < -0.3 is 10.6 Å². The minimum Gasteiger partial charge on any atom is -0.357 e. The molecule has 0 atom stereocenters. The first-order valence-electron chi connectivity index (χ1n) is 9.12. The van der Waals surface area contributed by atoms with Crippen molar-refractivity contribution in [2.45, 2.75) is 52.9 Å². The number of aliphatic imine (C=N–C) groups is 1. The van der Waals surface area contributed by atoms with Crippen LogP contribution in [-0.4, -0.2) is 30.6 Å². The van der Waals surface area contributed by atoms with Crippen molar-refractivity contribution in [2.24, 2.45) is 22.7 Å². The lowest BCUT2D eigenvalue weighted by atomic mass is 9.98. The van der Waals surface area contributed by atoms with Crippen molar-refractivity contribution in [3.05, 3.63) is 15.6 Å². The highest BCUT2D eigenvalue weighted by atomic mass is 32.1. The largest absolute Gasteiger partial charge is 0.357 e. The molecule has 1 aromatic rings. The van der Waals surface area contributed by atoms with E-state index in [2.05, 4.69) is 36.4 Å². The Morgan fingerprint density at radius 2 is 1.91 bits per heavy atom. The SMILES string of the molecule is CCNC(=NCC(C1CC1)C1CC1)NCCc1nc(C)c(C)s1. The maximum atomic E-state index is 4.87. The first-order valence-corrected chi connectivity index (χ1v) is 9.94. The summed E-state index contributed by atoms with van der Waals surface area (Å²) >= 11 is 1.81. The van der Waals surface area contributed by atoms with Crippen LogP contribution >= 0.6 is 11.3 Å². The Labute approximate surface area is 144 Å². The number of hydrogen-bond acceptors (Lipinski definition) is 3. The van der Waals surface area contributed by atoms with E-state index >= 15 is 0 Å². The van der Waals surface area contributed by atoms with E-state index < -0.39 is 0 Å². The van der Waals surface area contributed by atoms with Crippen molar-refractivity contribution in [2.75, 3.05) is 19.6 Å². The van der Waals surface area contributed by atoms with Gasteiger partial charge in [-0.05, 0) is 64.2 Å². The molecular formula is C18H30N4S. The number of rotatable bonds is 8. The van der Waals surface area contributed by atoms with Gasteiger partial charge in [-0.25, -0.2) is 4.98 Å². The van der Waals surface area contributed by atoms with Crippen LogP contribution in [0.5, 0.6) is 0 Å². The molecule has 2 fully saturated rings. The molecule has 23 heavy (non-hydrogen) atoms. The topological polar surface area (TPSA) is 49.3 Å². The summed E-state index contributed by atoms with van der Waals surface area (Å²) in [6, 6.07) is 0. The lowest BCUT2D eigenvalue weighted by molar-refractivity contribution is 0.417. The number of nitrogens with one attached hydrogen (secondary N) is 2. The fraction of sp³-hybridized carbons (Fsp3) is 0.778. The number of nitrogens with zero attached hydrogens (tertiary/aromatic N) is 2. The summed E-state index contributed by atoms with van der Waals surface area (Å²) in [4.78, 5) is 10.8. The Bertz CT molecular complexity index is 512. The van der Waals surface area contributed by atoms with Crippen LogP contribution < -0.4 is 10.6 Å². The van der Waals surface area contributed by atoms with Crippen LogP contribution in [0.4, 0.5) is 0 Å². The second kappa shape index (κ2) is 7.65. The van der Waals surface area contributed by atoms with E-state index in [1.807, 2.05) is 11.3 Å². The van der Waals surface area contributed by atoms with Gasteiger partial charge in [0.2, 0.25) is 0 Å². The fourth-order valence-corrected chi connectivity index (χ4v) is 4.14. The first kappa shape index (κ1) is 16.7. The van der Waals surface area contributed by atoms with Crippen LogP contribution in [-0.2, 0) is 6.42 Å². The summed E-state index contributed by atoms with van der Waals surface area (Å²) < 4.78 is 0. The zero-order valence-electron chi connectivity index (χ0n) is 14.7. The predicted molar refractivity (Wildman–Crippen MR) is 98.2 cm³/mol. The third-order valence-electron chi connectivity index (χ3n) is 4.96. The summed E-state index contributed by atoms with van der Waals surface area (Å²) in [6.07, 6.45) is 6.71. The Hall–Kier alpha value is -1.10. The smallest absolute Gasteiger partial charge is 0.191 e. The van der Waals surface area contributed by atoms with Crippen molar-refractivity contribution in [3.63, 3.8) is 0 Å². The van der Waals surface area contributed by atoms with Gasteiger partial charge in [-0.1, -0.05) is 0 Å². The molecule has 1 heterocycles. The van der Waals surface area contributed by atoms with Crippen molar-refractivity contribution < 1.29 is 0 Å². The number of guanidine groups is 1. The summed E-state index contributed by atoms with van der Waals surface area (Å²) in [5.41, 5.74) is 1.17. The molecule has 0 saturated heterocycles. The Morgan fingerprint density at radius 1 is 1.22 bits per heavy atom. The van der Waals surface area contributed by atoms with Crippen molar-refractivity contribution in [1.82, 2.24) is 15.6 Å². The normalized spacial score (nSPS) is 18.5. The zero-order chi connectivity index (χ0) is 16.2. The predicted octanol–water partition coefficient (Wildman–Crippen LogP) is 3.29. The van der Waals surface area contributed by atoms with Gasteiger partial charge in [0.25, 0.3) is 0 Å². The highest BCUT2D eigenvalue weighted by molar-refractivity contribution is 7.11. The molecule has 0 bridgehead atoms. The minimum atomic E-state index is 0.842. The molecule has 0 unspecified atom stereocenters. The van der Waals surface area contributed by atoms with E-state index in [0.29, 0.717) is 0 Å². The average molecular weight is 335 g/mol. The van der Waals surface area contributed by atoms with E-state index in [1.54, 1.807) is 0 Å². The summed E-state index contributed by atoms with van der Waals surface area (Å²) in [6.45, 7) is 9.17. The molecule has 0 radical (unpaired) electrons. The summed E-state index contributed by atoms with van der Waals surface area (Å²) in [7, 11) is 0. The third kappa shape index (κ3) is 4.93. The number of aryl methyl sites for hydroxylation is 2. The lowest BCUT2D eigenvalue weighted by Crippen LogP contribution is -2.38. The molecule has 0 aromatic carbocycles. The first-order chi connectivity index (χ1) is 11.2. The molecule has 4 nitrogen and oxygen atoms in total. The molecule has 2 N–H and O–H groups in total. The molecule has 2 saturated carbocycles. The van der Waals surface area contributed by atoms with Crippen molar-refractivity contribution >= 4 is 17.3 Å². The molecule has 0 spiro atoms. The zero-order valence-corrected chi connectivity index (χ0v) is 15.5. The quantitative estimate of drug-likeness (QED) is 0.566. The van der Waals surface area contributed by atoms with Gasteiger partial charge in [0, 0.05) is 30.9 Å². The van der Waals surface area contributed by atoms with Crippen LogP contribution in [0.2, 0.25) is 0 Å². The Kier molecular flexibility index (Phi) is 5.57. The van der Waals surface area contributed by atoms with Gasteiger partial charge in [0.05, 0.1) is 10.7 Å². The van der Waals surface area contributed by atoms with Gasteiger partial charge in [0.1, 0.15) is 0 Å². The van der Waals surface area contributed by atoms with Gasteiger partial charge in [-0.2, -0.15) is 0 Å². The van der Waals surface area contributed by atoms with E-state index in [0.717, 1.165) is 49.8 Å². The average Bonchev–Trinajstić information content (AvgIpc) is 3.41. The van der Waals surface area contributed by atoms with Gasteiger partial charge in [0.15, 0.2) is 5.96 Å². The minimum absolute atomic E-state index is 0.842. The highest BCUT2D eigenvalue weighted by Gasteiger charge is 2.41. The van der Waals surface area contributed by atoms with Crippen LogP contribution in [0.25, 0.3) is 0 Å². The van der Waals surface area contributed by atoms with E-state index in [4.69, 9.17) is 4.99 Å². The van der Waals surface area contributed by atoms with Gasteiger partial charge in [-0.3, -0.25) is 4.99 Å². The summed E-state index contributed by atoms with van der Waals surface area (Å²) in [5.74, 6) is 3.75. The molecule has 3 rings (SSSR count). The number of aromatic nitrogens is 1. The van der Waals surface area contributed by atoms with Crippen molar-refractivity contribution in [1.29, 1.82) is 0 Å². The Morgan fingerprint density at radius 3 is 2.43 bits per heavy atom. The van der Waals surface area contributed by atoms with Crippen molar-refractivity contribution in [3.8, 4) is 0 Å². The fourth-order valence-electron chi connectivity index (χ4n) is 3.20. The molecule has 0 amide bonds. The molecule has 128 valence electrons. The lowest BCUT2D eigenvalue weighted by Gasteiger charge is -2.15. The molecular weight excluding hydrogens is 304 g/mol. The molecule has 2 aliphatic rings. The standard InChI is InChI=1S/C18H30N4S/c1-4-19-18(20-10-9-17-22-12(2)13(3)23-17)21-11-16(14-5-6-14)15-7-8-15/h14-16H,4-11H2,1-3H3,(H2,19,20,21). The van der Waals surface area contributed by atoms with Crippen LogP contribution in [0.15, 0.2) is 4.99 Å². The maximum absolute atomic E-state index is 4.87. The molecule has 2 aliphatic carbocycles. The van der Waals surface area contributed by atoms with Crippen LogP contribution in [0, 0.1) is 31.6 Å². The molecule has 5 heteroatoms. The van der Waals surface area contributed by atoms with E-state index in [9.17, 15) is 0 Å². The second-order valence-electron chi connectivity index (χ2n) is 6.98. The Balaban J connectivity index is 1.48. The summed E-state index contributed by atoms with van der Waals surface area (Å²) in [5, 5.41) is 8.08. The second-order valence-corrected chi connectivity index (χ2v) is 8.27. The monoisotopic (exact) mass is 334 g/mol. The van der Waals surface area contributed by atoms with Gasteiger partial charge >= 0.3 is 0 Å². The van der Waals surface area contributed by atoms with E-state index in [1.165, 1.54) is 41.3 Å². The van der Waals surface area contributed by atoms with Crippen LogP contribution in [0.1, 0.15) is 48.2 Å². The van der Waals surface area contributed by atoms with Crippen LogP contribution in [0.3, 0.4) is 0 Å². The maximum Gasteiger partial charge on any atom is 0.191 e. The molecule has 1 aromatic heterocycles.